The number of carbonyl (C=O) groups excluding carboxylic acids is 1. The molecule has 0 saturated heterocycles. The molecule has 126 valence electrons. The van der Waals surface area contributed by atoms with Gasteiger partial charge in [-0.25, -0.2) is 14.4 Å². The Hall–Kier alpha value is -3.28. The molecular formula is C19H17FN4O. The SMILES string of the molecule is Cc1ccc(NC(=O)c2cc(Nc3ccccc3F)ncn2)c(C)c1. The largest absolute Gasteiger partial charge is 0.338 e. The van der Waals surface area contributed by atoms with Crippen molar-refractivity contribution < 1.29 is 9.18 Å². The zero-order valence-electron chi connectivity index (χ0n) is 13.9. The van der Waals surface area contributed by atoms with E-state index in [1.54, 1.807) is 18.2 Å². The number of halogens is 1. The van der Waals surface area contributed by atoms with Gasteiger partial charge in [-0.05, 0) is 37.6 Å². The Kier molecular flexibility index (Phi) is 4.70. The van der Waals surface area contributed by atoms with Crippen LogP contribution >= 0.6 is 0 Å². The molecule has 0 unspecified atom stereocenters. The van der Waals surface area contributed by atoms with Crippen molar-refractivity contribution >= 4 is 23.1 Å². The van der Waals surface area contributed by atoms with Gasteiger partial charge in [-0.1, -0.05) is 29.8 Å². The number of aromatic nitrogens is 2. The topological polar surface area (TPSA) is 66.9 Å². The Bertz CT molecular complexity index is 927. The van der Waals surface area contributed by atoms with E-state index >= 15 is 0 Å². The van der Waals surface area contributed by atoms with Crippen LogP contribution in [0.3, 0.4) is 0 Å². The molecule has 1 aromatic heterocycles. The summed E-state index contributed by atoms with van der Waals surface area (Å²) < 4.78 is 13.7. The van der Waals surface area contributed by atoms with E-state index in [1.165, 1.54) is 18.5 Å². The van der Waals surface area contributed by atoms with Crippen molar-refractivity contribution in [3.63, 3.8) is 0 Å². The van der Waals surface area contributed by atoms with E-state index in [-0.39, 0.29) is 17.3 Å². The maximum absolute atomic E-state index is 13.7. The normalized spacial score (nSPS) is 10.4. The van der Waals surface area contributed by atoms with Crippen LogP contribution in [0.25, 0.3) is 0 Å². The molecule has 0 bridgehead atoms. The van der Waals surface area contributed by atoms with Crippen molar-refractivity contribution in [3.05, 3.63) is 77.5 Å². The maximum Gasteiger partial charge on any atom is 0.274 e. The highest BCUT2D eigenvalue weighted by molar-refractivity contribution is 6.03. The predicted octanol–water partition coefficient (Wildman–Crippen LogP) is 4.23. The van der Waals surface area contributed by atoms with Crippen LogP contribution in [-0.2, 0) is 0 Å². The van der Waals surface area contributed by atoms with Gasteiger partial charge in [0.15, 0.2) is 0 Å². The van der Waals surface area contributed by atoms with Crippen LogP contribution in [0.1, 0.15) is 21.6 Å². The average molecular weight is 336 g/mol. The fourth-order valence-corrected chi connectivity index (χ4v) is 2.39. The van der Waals surface area contributed by atoms with Gasteiger partial charge in [-0.2, -0.15) is 0 Å². The molecule has 0 saturated carbocycles. The number of hydrogen-bond acceptors (Lipinski definition) is 4. The minimum atomic E-state index is -0.401. The smallest absolute Gasteiger partial charge is 0.274 e. The summed E-state index contributed by atoms with van der Waals surface area (Å²) in [5.41, 5.74) is 3.27. The lowest BCUT2D eigenvalue weighted by Crippen LogP contribution is -2.15. The van der Waals surface area contributed by atoms with E-state index in [1.807, 2.05) is 32.0 Å². The lowest BCUT2D eigenvalue weighted by atomic mass is 10.1. The Labute approximate surface area is 145 Å². The summed E-state index contributed by atoms with van der Waals surface area (Å²) in [6.45, 7) is 3.91. The first-order valence-corrected chi connectivity index (χ1v) is 7.75. The van der Waals surface area contributed by atoms with Crippen LogP contribution in [-0.4, -0.2) is 15.9 Å². The number of benzene rings is 2. The summed E-state index contributed by atoms with van der Waals surface area (Å²) in [5, 5.41) is 5.67. The van der Waals surface area contributed by atoms with Gasteiger partial charge in [0.25, 0.3) is 5.91 Å². The fourth-order valence-electron chi connectivity index (χ4n) is 2.39. The molecule has 2 N–H and O–H groups in total. The number of nitrogens with one attached hydrogen (secondary N) is 2. The van der Waals surface area contributed by atoms with Crippen LogP contribution in [0, 0.1) is 19.7 Å². The predicted molar refractivity (Wildman–Crippen MR) is 95.6 cm³/mol. The molecule has 1 amide bonds. The Morgan fingerprint density at radius 3 is 2.56 bits per heavy atom. The number of aryl methyl sites for hydroxylation is 2. The summed E-state index contributed by atoms with van der Waals surface area (Å²) in [6.07, 6.45) is 1.26. The molecule has 0 aliphatic rings. The van der Waals surface area contributed by atoms with Gasteiger partial charge in [-0.15, -0.1) is 0 Å². The van der Waals surface area contributed by atoms with Crippen LogP contribution in [0.5, 0.6) is 0 Å². The molecule has 3 rings (SSSR count). The maximum atomic E-state index is 13.7. The van der Waals surface area contributed by atoms with Crippen molar-refractivity contribution in [3.8, 4) is 0 Å². The lowest BCUT2D eigenvalue weighted by molar-refractivity contribution is 0.102. The van der Waals surface area contributed by atoms with Crippen molar-refractivity contribution in [1.29, 1.82) is 0 Å². The molecule has 2 aromatic carbocycles. The number of amides is 1. The third kappa shape index (κ3) is 3.98. The molecule has 0 radical (unpaired) electrons. The van der Waals surface area contributed by atoms with E-state index < -0.39 is 5.82 Å². The van der Waals surface area contributed by atoms with E-state index in [9.17, 15) is 9.18 Å². The van der Waals surface area contributed by atoms with Crippen LogP contribution in [0.4, 0.5) is 21.6 Å². The minimum Gasteiger partial charge on any atom is -0.338 e. The van der Waals surface area contributed by atoms with Gasteiger partial charge in [0.05, 0.1) is 5.69 Å². The molecule has 5 nitrogen and oxygen atoms in total. The molecule has 0 atom stereocenters. The van der Waals surface area contributed by atoms with Crippen molar-refractivity contribution in [2.75, 3.05) is 10.6 Å². The summed E-state index contributed by atoms with van der Waals surface area (Å²) in [6, 6.07) is 13.5. The van der Waals surface area contributed by atoms with Gasteiger partial charge in [-0.3, -0.25) is 4.79 Å². The standard InChI is InChI=1S/C19H17FN4O/c1-12-7-8-15(13(2)9-12)24-19(25)17-10-18(22-11-21-17)23-16-6-4-3-5-14(16)20/h3-11H,1-2H3,(H,24,25)(H,21,22,23). The quantitative estimate of drug-likeness (QED) is 0.748. The van der Waals surface area contributed by atoms with Crippen molar-refractivity contribution in [2.24, 2.45) is 0 Å². The van der Waals surface area contributed by atoms with E-state index in [0.29, 0.717) is 5.82 Å². The van der Waals surface area contributed by atoms with Gasteiger partial charge >= 0.3 is 0 Å². The van der Waals surface area contributed by atoms with Crippen LogP contribution < -0.4 is 10.6 Å². The van der Waals surface area contributed by atoms with Gasteiger partial charge in [0.2, 0.25) is 0 Å². The van der Waals surface area contributed by atoms with Crippen LogP contribution in [0.2, 0.25) is 0 Å². The van der Waals surface area contributed by atoms with Crippen LogP contribution in [0.15, 0.2) is 54.9 Å². The molecule has 0 aliphatic carbocycles. The highest BCUT2D eigenvalue weighted by Crippen LogP contribution is 2.19. The minimum absolute atomic E-state index is 0.189. The first kappa shape index (κ1) is 16.6. The van der Waals surface area contributed by atoms with Gasteiger partial charge < -0.3 is 10.6 Å². The first-order valence-electron chi connectivity index (χ1n) is 7.75. The zero-order valence-corrected chi connectivity index (χ0v) is 13.9. The first-order chi connectivity index (χ1) is 12.0. The van der Waals surface area contributed by atoms with Gasteiger partial charge in [0, 0.05) is 11.8 Å². The van der Waals surface area contributed by atoms with Crippen molar-refractivity contribution in [2.45, 2.75) is 13.8 Å². The number of carbonyl (C=O) groups is 1. The third-order valence-electron chi connectivity index (χ3n) is 3.67. The summed E-state index contributed by atoms with van der Waals surface area (Å²) in [4.78, 5) is 20.4. The monoisotopic (exact) mass is 336 g/mol. The molecule has 3 aromatic rings. The molecular weight excluding hydrogens is 319 g/mol. The summed E-state index contributed by atoms with van der Waals surface area (Å²) >= 11 is 0. The second-order valence-electron chi connectivity index (χ2n) is 5.67. The molecule has 25 heavy (non-hydrogen) atoms. The van der Waals surface area contributed by atoms with Gasteiger partial charge in [0.1, 0.15) is 23.7 Å². The highest BCUT2D eigenvalue weighted by atomic mass is 19.1. The number of hydrogen-bond donors (Lipinski definition) is 2. The lowest BCUT2D eigenvalue weighted by Gasteiger charge is -2.10. The zero-order chi connectivity index (χ0) is 17.8. The van der Waals surface area contributed by atoms with E-state index in [4.69, 9.17) is 0 Å². The fraction of sp³-hybridized carbons (Fsp3) is 0.105. The molecule has 0 fully saturated rings. The molecule has 0 spiro atoms. The second-order valence-corrected chi connectivity index (χ2v) is 5.67. The summed E-state index contributed by atoms with van der Waals surface area (Å²) in [5.74, 6) is -0.417. The third-order valence-corrected chi connectivity index (χ3v) is 3.67. The Morgan fingerprint density at radius 2 is 1.80 bits per heavy atom. The van der Waals surface area contributed by atoms with E-state index in [0.717, 1.165) is 16.8 Å². The second kappa shape index (κ2) is 7.09. The molecule has 6 heteroatoms. The average Bonchev–Trinajstić information content (AvgIpc) is 2.60. The molecule has 1 heterocycles. The number of para-hydroxylation sites is 1. The van der Waals surface area contributed by atoms with E-state index in [2.05, 4.69) is 20.6 Å². The highest BCUT2D eigenvalue weighted by Gasteiger charge is 2.11. The summed E-state index contributed by atoms with van der Waals surface area (Å²) in [7, 11) is 0. The molecule has 0 aliphatic heterocycles. The Morgan fingerprint density at radius 1 is 1.00 bits per heavy atom. The Balaban J connectivity index is 1.79. The number of rotatable bonds is 4. The number of anilines is 3. The van der Waals surface area contributed by atoms with Crippen molar-refractivity contribution in [1.82, 2.24) is 9.97 Å². The number of nitrogens with zero attached hydrogens (tertiary/aromatic N) is 2.